The fraction of sp³-hybridized carbons (Fsp3) is 0.571. The summed E-state index contributed by atoms with van der Waals surface area (Å²) in [6.45, 7) is 6.40. The van der Waals surface area contributed by atoms with E-state index in [1.807, 2.05) is 13.8 Å². The summed E-state index contributed by atoms with van der Waals surface area (Å²) in [4.78, 5) is 41.0. The Morgan fingerprint density at radius 3 is 2.61 bits per heavy atom. The van der Waals surface area contributed by atoms with Crippen molar-refractivity contribution in [2.45, 2.75) is 58.2 Å². The molecular formula is C21H28FN3O3. The van der Waals surface area contributed by atoms with Crippen LogP contribution in [-0.4, -0.2) is 58.7 Å². The molecule has 2 heterocycles. The summed E-state index contributed by atoms with van der Waals surface area (Å²) in [6.07, 6.45) is 1.13. The second-order valence-electron chi connectivity index (χ2n) is 8.24. The number of nitrogens with zero attached hydrogens (tertiary/aromatic N) is 2. The van der Waals surface area contributed by atoms with E-state index >= 15 is 0 Å². The van der Waals surface area contributed by atoms with Gasteiger partial charge in [-0.15, -0.1) is 0 Å². The molecule has 2 fully saturated rings. The highest BCUT2D eigenvalue weighted by atomic mass is 19.1. The Morgan fingerprint density at radius 1 is 1.25 bits per heavy atom. The van der Waals surface area contributed by atoms with Crippen LogP contribution >= 0.6 is 0 Å². The number of halogens is 1. The van der Waals surface area contributed by atoms with Crippen LogP contribution in [0.1, 0.15) is 39.2 Å². The first-order chi connectivity index (χ1) is 13.3. The Bertz CT molecular complexity index is 767. The van der Waals surface area contributed by atoms with E-state index in [2.05, 4.69) is 5.32 Å². The molecule has 3 rings (SSSR count). The molecule has 0 bridgehead atoms. The van der Waals surface area contributed by atoms with Gasteiger partial charge in [-0.2, -0.15) is 0 Å². The van der Waals surface area contributed by atoms with Crippen molar-refractivity contribution in [3.63, 3.8) is 0 Å². The molecule has 3 amide bonds. The summed E-state index contributed by atoms with van der Waals surface area (Å²) >= 11 is 0. The molecule has 28 heavy (non-hydrogen) atoms. The monoisotopic (exact) mass is 389 g/mol. The summed E-state index contributed by atoms with van der Waals surface area (Å²) in [7, 11) is 0. The SMILES string of the molecule is CC(=O)N[C@H]1C[C@H]2CN(C(=O)Cc3ccccc3F)[C@@H](CC(C)C)C(=O)N2C1. The number of rotatable bonds is 5. The highest BCUT2D eigenvalue weighted by Crippen LogP contribution is 2.29. The van der Waals surface area contributed by atoms with E-state index in [1.165, 1.54) is 13.0 Å². The number of hydrogen-bond acceptors (Lipinski definition) is 3. The van der Waals surface area contributed by atoms with E-state index in [9.17, 15) is 18.8 Å². The molecule has 2 saturated heterocycles. The maximum Gasteiger partial charge on any atom is 0.245 e. The highest BCUT2D eigenvalue weighted by Gasteiger charge is 2.46. The third-order valence-corrected chi connectivity index (χ3v) is 5.49. The van der Waals surface area contributed by atoms with Crippen molar-refractivity contribution in [3.05, 3.63) is 35.6 Å². The standard InChI is InChI=1S/C21H28FN3O3/c1-13(2)8-19-21(28)24-11-16(23-14(3)26)10-17(24)12-25(19)20(27)9-15-6-4-5-7-18(15)22/h4-7,13,16-17,19H,8-12H2,1-3H3,(H,23,26)/t16-,17-,19-/m0/s1. The minimum absolute atomic E-state index is 0.0591. The predicted molar refractivity (Wildman–Crippen MR) is 103 cm³/mol. The molecule has 1 aromatic rings. The van der Waals surface area contributed by atoms with Crippen molar-refractivity contribution in [2.24, 2.45) is 5.92 Å². The van der Waals surface area contributed by atoms with Gasteiger partial charge in [0.05, 0.1) is 12.5 Å². The number of carbonyl (C=O) groups excluding carboxylic acids is 3. The van der Waals surface area contributed by atoms with Gasteiger partial charge >= 0.3 is 0 Å². The molecule has 0 radical (unpaired) electrons. The Labute approximate surface area is 165 Å². The largest absolute Gasteiger partial charge is 0.352 e. The lowest BCUT2D eigenvalue weighted by molar-refractivity contribution is -0.154. The van der Waals surface area contributed by atoms with E-state index in [-0.39, 0.29) is 42.1 Å². The maximum atomic E-state index is 14.0. The van der Waals surface area contributed by atoms with Crippen LogP contribution in [0.3, 0.4) is 0 Å². The summed E-state index contributed by atoms with van der Waals surface area (Å²) in [5.74, 6) is -0.592. The number of amides is 3. The Hall–Kier alpha value is -2.44. The molecule has 3 atom stereocenters. The molecule has 2 aliphatic heterocycles. The van der Waals surface area contributed by atoms with Gasteiger partial charge < -0.3 is 15.1 Å². The molecular weight excluding hydrogens is 361 g/mol. The van der Waals surface area contributed by atoms with Crippen LogP contribution < -0.4 is 5.32 Å². The van der Waals surface area contributed by atoms with Gasteiger partial charge in [0.15, 0.2) is 0 Å². The van der Waals surface area contributed by atoms with Crippen molar-refractivity contribution in [1.29, 1.82) is 0 Å². The first-order valence-electron chi connectivity index (χ1n) is 9.86. The van der Waals surface area contributed by atoms with E-state index < -0.39 is 11.9 Å². The zero-order valence-electron chi connectivity index (χ0n) is 16.7. The fourth-order valence-electron chi connectivity index (χ4n) is 4.29. The summed E-state index contributed by atoms with van der Waals surface area (Å²) in [5.41, 5.74) is 0.341. The number of hydrogen-bond donors (Lipinski definition) is 1. The number of piperazine rings is 1. The number of nitrogens with one attached hydrogen (secondary N) is 1. The Balaban J connectivity index is 1.80. The van der Waals surface area contributed by atoms with Crippen LogP contribution in [0.25, 0.3) is 0 Å². The van der Waals surface area contributed by atoms with Crippen LogP contribution in [0.4, 0.5) is 4.39 Å². The summed E-state index contributed by atoms with van der Waals surface area (Å²) < 4.78 is 14.0. The zero-order chi connectivity index (χ0) is 20.4. The molecule has 7 heteroatoms. The normalized spacial score (nSPS) is 24.5. The first-order valence-corrected chi connectivity index (χ1v) is 9.86. The number of benzene rings is 1. The lowest BCUT2D eigenvalue weighted by atomic mass is 9.96. The van der Waals surface area contributed by atoms with E-state index in [0.29, 0.717) is 31.5 Å². The Morgan fingerprint density at radius 2 is 1.96 bits per heavy atom. The zero-order valence-corrected chi connectivity index (χ0v) is 16.7. The number of carbonyl (C=O) groups is 3. The molecule has 0 unspecified atom stereocenters. The second-order valence-corrected chi connectivity index (χ2v) is 8.24. The van der Waals surface area contributed by atoms with Crippen LogP contribution in [0.15, 0.2) is 24.3 Å². The summed E-state index contributed by atoms with van der Waals surface area (Å²) in [6, 6.07) is 5.50. The van der Waals surface area contributed by atoms with Gasteiger partial charge in [-0.3, -0.25) is 14.4 Å². The maximum absolute atomic E-state index is 14.0. The van der Waals surface area contributed by atoms with E-state index in [0.717, 1.165) is 0 Å². The predicted octanol–water partition coefficient (Wildman–Crippen LogP) is 1.73. The third kappa shape index (κ3) is 4.34. The van der Waals surface area contributed by atoms with Crippen molar-refractivity contribution >= 4 is 17.7 Å². The van der Waals surface area contributed by atoms with Gasteiger partial charge in [0.25, 0.3) is 0 Å². The van der Waals surface area contributed by atoms with Crippen molar-refractivity contribution in [3.8, 4) is 0 Å². The van der Waals surface area contributed by atoms with Gasteiger partial charge in [0.2, 0.25) is 17.7 Å². The van der Waals surface area contributed by atoms with Gasteiger partial charge in [-0.1, -0.05) is 32.0 Å². The van der Waals surface area contributed by atoms with Crippen molar-refractivity contribution in [2.75, 3.05) is 13.1 Å². The highest BCUT2D eigenvalue weighted by molar-refractivity contribution is 5.90. The first kappa shape index (κ1) is 20.3. The van der Waals surface area contributed by atoms with Gasteiger partial charge in [0.1, 0.15) is 11.9 Å². The minimum Gasteiger partial charge on any atom is -0.352 e. The van der Waals surface area contributed by atoms with Gasteiger partial charge in [-0.05, 0) is 30.4 Å². The van der Waals surface area contributed by atoms with Crippen molar-refractivity contribution in [1.82, 2.24) is 15.1 Å². The fourth-order valence-corrected chi connectivity index (χ4v) is 4.29. The van der Waals surface area contributed by atoms with Crippen LogP contribution in [0, 0.1) is 11.7 Å². The quantitative estimate of drug-likeness (QED) is 0.834. The minimum atomic E-state index is -0.536. The lowest BCUT2D eigenvalue weighted by Gasteiger charge is -2.43. The molecule has 6 nitrogen and oxygen atoms in total. The molecule has 1 N–H and O–H groups in total. The van der Waals surface area contributed by atoms with Gasteiger partial charge in [-0.25, -0.2) is 4.39 Å². The smallest absolute Gasteiger partial charge is 0.245 e. The van der Waals surface area contributed by atoms with E-state index in [4.69, 9.17) is 0 Å². The molecule has 0 aromatic heterocycles. The Kier molecular flexibility index (Phi) is 6.01. The van der Waals surface area contributed by atoms with Crippen LogP contribution in [0.5, 0.6) is 0 Å². The molecule has 0 saturated carbocycles. The summed E-state index contributed by atoms with van der Waals surface area (Å²) in [5, 5.41) is 2.88. The molecule has 0 spiro atoms. The van der Waals surface area contributed by atoms with Crippen LogP contribution in [-0.2, 0) is 20.8 Å². The molecule has 152 valence electrons. The number of fused-ring (bicyclic) bond motifs is 1. The third-order valence-electron chi connectivity index (χ3n) is 5.49. The average molecular weight is 389 g/mol. The topological polar surface area (TPSA) is 69.7 Å². The van der Waals surface area contributed by atoms with Crippen molar-refractivity contribution < 1.29 is 18.8 Å². The van der Waals surface area contributed by atoms with Gasteiger partial charge in [0, 0.05) is 26.1 Å². The second kappa shape index (κ2) is 8.29. The molecule has 1 aromatic carbocycles. The van der Waals surface area contributed by atoms with E-state index in [1.54, 1.807) is 28.0 Å². The van der Waals surface area contributed by atoms with Crippen LogP contribution in [0.2, 0.25) is 0 Å². The average Bonchev–Trinajstić information content (AvgIpc) is 3.01. The molecule has 0 aliphatic carbocycles. The lowest BCUT2D eigenvalue weighted by Crippen LogP contribution is -2.61. The molecule has 2 aliphatic rings.